The summed E-state index contributed by atoms with van der Waals surface area (Å²) in [6.45, 7) is 2.14. The van der Waals surface area contributed by atoms with Crippen LogP contribution in [0.2, 0.25) is 0 Å². The number of carbonyl (C=O) groups excluding carboxylic acids is 1. The van der Waals surface area contributed by atoms with Crippen molar-refractivity contribution in [2.24, 2.45) is 0 Å². The number of sulfonamides is 1. The average molecular weight is 434 g/mol. The van der Waals surface area contributed by atoms with E-state index in [1.165, 1.54) is 16.4 Å². The van der Waals surface area contributed by atoms with Gasteiger partial charge in [0.25, 0.3) is 5.91 Å². The van der Waals surface area contributed by atoms with Gasteiger partial charge in [0.2, 0.25) is 10.0 Å². The third kappa shape index (κ3) is 4.10. The second kappa shape index (κ2) is 8.05. The van der Waals surface area contributed by atoms with Crippen LogP contribution in [-0.4, -0.2) is 48.4 Å². The quantitative estimate of drug-likeness (QED) is 0.801. The number of halogens is 1. The van der Waals surface area contributed by atoms with Crippen LogP contribution >= 0.6 is 0 Å². The average Bonchev–Trinajstić information content (AvgIpc) is 3.15. The van der Waals surface area contributed by atoms with Crippen molar-refractivity contribution in [3.05, 3.63) is 54.1 Å². The Morgan fingerprint density at radius 2 is 2.03 bits per heavy atom. The molecule has 1 aromatic carbocycles. The molecule has 0 bridgehead atoms. The molecule has 2 aromatic rings. The highest BCUT2D eigenvalue weighted by Crippen LogP contribution is 2.40. The van der Waals surface area contributed by atoms with Crippen LogP contribution in [-0.2, 0) is 19.6 Å². The minimum atomic E-state index is -3.77. The van der Waals surface area contributed by atoms with Gasteiger partial charge in [-0.25, -0.2) is 12.8 Å². The maximum Gasteiger partial charge on any atom is 0.253 e. The highest BCUT2D eigenvalue weighted by atomic mass is 32.2. The number of rotatable bonds is 4. The molecule has 1 aromatic heterocycles. The predicted octanol–water partition coefficient (Wildman–Crippen LogP) is 2.87. The molecule has 2 fully saturated rings. The van der Waals surface area contributed by atoms with E-state index in [0.29, 0.717) is 36.9 Å². The smallest absolute Gasteiger partial charge is 0.253 e. The van der Waals surface area contributed by atoms with Crippen molar-refractivity contribution in [1.29, 1.82) is 0 Å². The number of carbonyl (C=O) groups is 1. The Morgan fingerprint density at radius 1 is 1.27 bits per heavy atom. The Morgan fingerprint density at radius 3 is 2.70 bits per heavy atom. The molecule has 160 valence electrons. The molecule has 1 spiro atoms. The first-order chi connectivity index (χ1) is 14.3. The fraction of sp³-hybridized carbons (Fsp3) is 0.429. The number of ether oxygens (including phenoxy) is 1. The molecule has 1 unspecified atom stereocenters. The van der Waals surface area contributed by atoms with Crippen LogP contribution in [0.1, 0.15) is 31.2 Å². The summed E-state index contributed by atoms with van der Waals surface area (Å²) in [7, 11) is -3.77. The van der Waals surface area contributed by atoms with E-state index in [0.717, 1.165) is 6.07 Å². The van der Waals surface area contributed by atoms with E-state index in [9.17, 15) is 17.6 Å². The topological polar surface area (TPSA) is 88.6 Å². The maximum atomic E-state index is 13.8. The fourth-order valence-corrected chi connectivity index (χ4v) is 5.50. The van der Waals surface area contributed by atoms with E-state index in [4.69, 9.17) is 4.74 Å². The second-order valence-corrected chi connectivity index (χ2v) is 9.81. The Bertz CT molecular complexity index is 1040. The van der Waals surface area contributed by atoms with E-state index in [1.54, 1.807) is 31.5 Å². The Balaban J connectivity index is 1.38. The van der Waals surface area contributed by atoms with E-state index >= 15 is 0 Å². The van der Waals surface area contributed by atoms with Gasteiger partial charge in [0.1, 0.15) is 11.9 Å². The number of nitrogens with zero attached hydrogens (tertiary/aromatic N) is 2. The van der Waals surface area contributed by atoms with Crippen molar-refractivity contribution in [3.63, 3.8) is 0 Å². The number of aromatic nitrogens is 1. The van der Waals surface area contributed by atoms with Crippen molar-refractivity contribution in [3.8, 4) is 0 Å². The molecule has 0 saturated carbocycles. The Hall–Kier alpha value is -2.36. The number of anilines is 1. The molecule has 0 aliphatic carbocycles. The first-order valence-corrected chi connectivity index (χ1v) is 11.4. The van der Waals surface area contributed by atoms with E-state index < -0.39 is 27.5 Å². The Kier molecular flexibility index (Phi) is 5.61. The second-order valence-electron chi connectivity index (χ2n) is 7.87. The molecule has 2 aliphatic heterocycles. The molecule has 1 amide bonds. The summed E-state index contributed by atoms with van der Waals surface area (Å²) in [4.78, 5) is 16.4. The van der Waals surface area contributed by atoms with Crippen LogP contribution < -0.4 is 5.32 Å². The predicted molar refractivity (Wildman–Crippen MR) is 109 cm³/mol. The molecule has 2 saturated heterocycles. The number of hydrogen-bond acceptors (Lipinski definition) is 5. The van der Waals surface area contributed by atoms with Gasteiger partial charge in [0.05, 0.1) is 22.4 Å². The number of amides is 1. The largest absolute Gasteiger partial charge is 0.362 e. The summed E-state index contributed by atoms with van der Waals surface area (Å²) in [5, 5.41) is 2.80. The summed E-state index contributed by atoms with van der Waals surface area (Å²) in [5.41, 5.74) is 0.515. The lowest BCUT2D eigenvalue weighted by molar-refractivity contribution is -0.134. The summed E-state index contributed by atoms with van der Waals surface area (Å²) in [6, 6.07) is 7.47. The molecule has 1 atom stereocenters. The molecular formula is C21H24FN3O4S. The summed E-state index contributed by atoms with van der Waals surface area (Å²) in [6.07, 6.45) is 4.91. The summed E-state index contributed by atoms with van der Waals surface area (Å²) < 4.78 is 47.1. The number of pyridine rings is 1. The highest BCUT2D eigenvalue weighted by Gasteiger charge is 2.46. The lowest BCUT2D eigenvalue weighted by Crippen LogP contribution is -2.47. The first-order valence-electron chi connectivity index (χ1n) is 9.94. The van der Waals surface area contributed by atoms with Crippen molar-refractivity contribution in [1.82, 2.24) is 9.29 Å². The van der Waals surface area contributed by atoms with Crippen LogP contribution in [0.5, 0.6) is 0 Å². The lowest BCUT2D eigenvalue weighted by Gasteiger charge is -2.38. The minimum Gasteiger partial charge on any atom is -0.362 e. The van der Waals surface area contributed by atoms with Crippen molar-refractivity contribution < 1.29 is 22.3 Å². The van der Waals surface area contributed by atoms with E-state index in [1.807, 2.05) is 0 Å². The molecule has 0 radical (unpaired) electrons. The number of aryl methyl sites for hydroxylation is 1. The van der Waals surface area contributed by atoms with Crippen LogP contribution in [0.4, 0.5) is 10.1 Å². The van der Waals surface area contributed by atoms with Gasteiger partial charge < -0.3 is 10.1 Å². The third-order valence-corrected chi connectivity index (χ3v) is 7.79. The zero-order valence-electron chi connectivity index (χ0n) is 16.7. The zero-order valence-corrected chi connectivity index (χ0v) is 17.5. The van der Waals surface area contributed by atoms with Crippen LogP contribution in [0.25, 0.3) is 0 Å². The number of nitrogens with one attached hydrogen (secondary N) is 1. The molecule has 2 aliphatic rings. The van der Waals surface area contributed by atoms with Gasteiger partial charge in [-0.3, -0.25) is 9.78 Å². The standard InChI is InChI=1S/C21H24FN3O4S/c1-15-4-5-17(13-18(15)22)30(27,28)25-11-8-21(9-12-25)7-6-19(29-21)20(26)24-16-3-2-10-23-14-16/h2-5,10,13-14,19H,6-9,11-12H2,1H3,(H,24,26). The molecule has 9 heteroatoms. The minimum absolute atomic E-state index is 0.0392. The van der Waals surface area contributed by atoms with Crippen molar-refractivity contribution >= 4 is 21.6 Å². The maximum absolute atomic E-state index is 13.8. The van der Waals surface area contributed by atoms with Gasteiger partial charge >= 0.3 is 0 Å². The molecule has 30 heavy (non-hydrogen) atoms. The fourth-order valence-electron chi connectivity index (χ4n) is 4.04. The molecular weight excluding hydrogens is 409 g/mol. The van der Waals surface area contributed by atoms with Gasteiger partial charge in [-0.2, -0.15) is 4.31 Å². The summed E-state index contributed by atoms with van der Waals surface area (Å²) >= 11 is 0. The zero-order chi connectivity index (χ0) is 21.4. The SMILES string of the molecule is Cc1ccc(S(=O)(=O)N2CCC3(CCC(C(=O)Nc4cccnc4)O3)CC2)cc1F. The van der Waals surface area contributed by atoms with Gasteiger partial charge in [-0.05, 0) is 62.4 Å². The van der Waals surface area contributed by atoms with Gasteiger partial charge in [-0.1, -0.05) is 6.07 Å². The van der Waals surface area contributed by atoms with Gasteiger partial charge in [0.15, 0.2) is 0 Å². The number of hydrogen-bond donors (Lipinski definition) is 1. The van der Waals surface area contributed by atoms with Gasteiger partial charge in [0, 0.05) is 19.3 Å². The first kappa shape index (κ1) is 20.9. The number of benzene rings is 1. The van der Waals surface area contributed by atoms with Gasteiger partial charge in [-0.15, -0.1) is 0 Å². The van der Waals surface area contributed by atoms with Crippen LogP contribution in [0.15, 0.2) is 47.6 Å². The molecule has 4 rings (SSSR count). The monoisotopic (exact) mass is 433 g/mol. The molecule has 7 nitrogen and oxygen atoms in total. The van der Waals surface area contributed by atoms with Crippen molar-refractivity contribution in [2.75, 3.05) is 18.4 Å². The lowest BCUT2D eigenvalue weighted by atomic mass is 9.89. The van der Waals surface area contributed by atoms with Crippen LogP contribution in [0, 0.1) is 12.7 Å². The Labute approximate surface area is 175 Å². The third-order valence-electron chi connectivity index (χ3n) is 5.89. The highest BCUT2D eigenvalue weighted by molar-refractivity contribution is 7.89. The summed E-state index contributed by atoms with van der Waals surface area (Å²) in [5.74, 6) is -0.754. The molecule has 1 N–H and O–H groups in total. The number of piperidine rings is 1. The van der Waals surface area contributed by atoms with E-state index in [2.05, 4.69) is 10.3 Å². The van der Waals surface area contributed by atoms with Crippen LogP contribution in [0.3, 0.4) is 0 Å². The van der Waals surface area contributed by atoms with Crippen molar-refractivity contribution in [2.45, 2.75) is 49.2 Å². The normalized spacial score (nSPS) is 21.6. The van der Waals surface area contributed by atoms with E-state index in [-0.39, 0.29) is 23.9 Å². The molecule has 3 heterocycles.